The van der Waals surface area contributed by atoms with Crippen LogP contribution < -0.4 is 11.1 Å². The molecule has 1 heterocycles. The first-order valence-corrected chi connectivity index (χ1v) is 8.03. The first-order valence-electron chi connectivity index (χ1n) is 7.24. The van der Waals surface area contributed by atoms with Crippen molar-refractivity contribution in [3.63, 3.8) is 0 Å². The van der Waals surface area contributed by atoms with Crippen molar-refractivity contribution in [3.05, 3.63) is 34.1 Å². The fraction of sp³-hybridized carbons (Fsp3) is 0.533. The lowest BCUT2D eigenvalue weighted by molar-refractivity contribution is -0.126. The minimum atomic E-state index is -0.247. The third kappa shape index (κ3) is 4.76. The van der Waals surface area contributed by atoms with E-state index in [-0.39, 0.29) is 17.6 Å². The molecule has 0 aromatic heterocycles. The van der Waals surface area contributed by atoms with Gasteiger partial charge in [-0.05, 0) is 37.1 Å². The first-order chi connectivity index (χ1) is 10.1. The molecule has 2 rings (SSSR count). The molecule has 1 aromatic carbocycles. The van der Waals surface area contributed by atoms with Crippen LogP contribution in [0.15, 0.2) is 22.7 Å². The van der Waals surface area contributed by atoms with Gasteiger partial charge in [-0.2, -0.15) is 0 Å². The molecule has 1 unspecified atom stereocenters. The molecule has 1 saturated heterocycles. The van der Waals surface area contributed by atoms with Gasteiger partial charge in [-0.25, -0.2) is 4.39 Å². The van der Waals surface area contributed by atoms with Crippen molar-refractivity contribution < 1.29 is 9.18 Å². The molecule has 0 bridgehead atoms. The fourth-order valence-electron chi connectivity index (χ4n) is 2.64. The first kappa shape index (κ1) is 16.4. The highest BCUT2D eigenvalue weighted by atomic mass is 79.9. The van der Waals surface area contributed by atoms with Crippen molar-refractivity contribution in [1.82, 2.24) is 10.2 Å². The number of piperidine rings is 1. The molecule has 0 saturated carbocycles. The van der Waals surface area contributed by atoms with Crippen LogP contribution in [0, 0.1) is 11.7 Å². The van der Waals surface area contributed by atoms with Crippen LogP contribution in [-0.4, -0.2) is 37.0 Å². The van der Waals surface area contributed by atoms with E-state index in [1.165, 1.54) is 12.1 Å². The molecule has 1 fully saturated rings. The zero-order valence-electron chi connectivity index (χ0n) is 11.9. The molecular weight excluding hydrogens is 337 g/mol. The van der Waals surface area contributed by atoms with E-state index in [9.17, 15) is 9.18 Å². The number of hydrogen-bond donors (Lipinski definition) is 2. The van der Waals surface area contributed by atoms with E-state index in [0.717, 1.165) is 42.5 Å². The largest absolute Gasteiger partial charge is 0.355 e. The van der Waals surface area contributed by atoms with Gasteiger partial charge in [-0.3, -0.25) is 9.69 Å². The average Bonchev–Trinajstić information content (AvgIpc) is 2.48. The van der Waals surface area contributed by atoms with E-state index in [4.69, 9.17) is 5.73 Å². The maximum atomic E-state index is 13.1. The summed E-state index contributed by atoms with van der Waals surface area (Å²) in [5.41, 5.74) is 6.44. The number of carbonyl (C=O) groups is 1. The Morgan fingerprint density at radius 3 is 3.05 bits per heavy atom. The van der Waals surface area contributed by atoms with Crippen LogP contribution in [0.1, 0.15) is 18.4 Å². The third-order valence-corrected chi connectivity index (χ3v) is 4.47. The maximum absolute atomic E-state index is 13.1. The summed E-state index contributed by atoms with van der Waals surface area (Å²) in [6, 6.07) is 4.73. The predicted molar refractivity (Wildman–Crippen MR) is 84.2 cm³/mol. The van der Waals surface area contributed by atoms with Gasteiger partial charge < -0.3 is 11.1 Å². The van der Waals surface area contributed by atoms with Gasteiger partial charge >= 0.3 is 0 Å². The van der Waals surface area contributed by atoms with E-state index in [1.807, 2.05) is 0 Å². The van der Waals surface area contributed by atoms with Crippen LogP contribution >= 0.6 is 15.9 Å². The summed E-state index contributed by atoms with van der Waals surface area (Å²) in [6.07, 6.45) is 1.91. The van der Waals surface area contributed by atoms with Crippen molar-refractivity contribution in [1.29, 1.82) is 0 Å². The maximum Gasteiger partial charge on any atom is 0.224 e. The summed E-state index contributed by atoms with van der Waals surface area (Å²) in [6.45, 7) is 3.41. The molecule has 3 N–H and O–H groups in total. The number of benzene rings is 1. The Labute approximate surface area is 133 Å². The number of nitrogens with zero attached hydrogens (tertiary/aromatic N) is 1. The van der Waals surface area contributed by atoms with Gasteiger partial charge in [0.05, 0.1) is 5.92 Å². The topological polar surface area (TPSA) is 58.4 Å². The zero-order chi connectivity index (χ0) is 15.2. The lowest BCUT2D eigenvalue weighted by Crippen LogP contribution is -2.43. The number of halogens is 2. The van der Waals surface area contributed by atoms with Gasteiger partial charge in [0.1, 0.15) is 5.82 Å². The Morgan fingerprint density at radius 1 is 1.52 bits per heavy atom. The van der Waals surface area contributed by atoms with Gasteiger partial charge in [-0.1, -0.05) is 22.0 Å². The Bertz CT molecular complexity index is 498. The minimum Gasteiger partial charge on any atom is -0.355 e. The molecule has 1 aromatic rings. The molecule has 4 nitrogen and oxygen atoms in total. The van der Waals surface area contributed by atoms with Crippen LogP contribution in [-0.2, 0) is 11.3 Å². The molecule has 1 aliphatic rings. The summed E-state index contributed by atoms with van der Waals surface area (Å²) >= 11 is 3.39. The summed E-state index contributed by atoms with van der Waals surface area (Å²) < 4.78 is 13.9. The smallest absolute Gasteiger partial charge is 0.224 e. The van der Waals surface area contributed by atoms with E-state index in [0.29, 0.717) is 13.1 Å². The van der Waals surface area contributed by atoms with Crippen LogP contribution in [0.5, 0.6) is 0 Å². The van der Waals surface area contributed by atoms with Gasteiger partial charge in [0.25, 0.3) is 0 Å². The number of likely N-dealkylation sites (tertiary alicyclic amines) is 1. The lowest BCUT2D eigenvalue weighted by Gasteiger charge is -2.32. The summed E-state index contributed by atoms with van der Waals surface area (Å²) in [7, 11) is 0. The van der Waals surface area contributed by atoms with Crippen molar-refractivity contribution in [2.24, 2.45) is 11.7 Å². The second-order valence-electron chi connectivity index (χ2n) is 5.39. The number of amides is 1. The zero-order valence-corrected chi connectivity index (χ0v) is 13.5. The normalized spacial score (nSPS) is 19.5. The molecular formula is C15H21BrFN3O. The summed E-state index contributed by atoms with van der Waals surface area (Å²) in [5, 5.41) is 2.86. The monoisotopic (exact) mass is 357 g/mol. The van der Waals surface area contributed by atoms with Gasteiger partial charge in [0.15, 0.2) is 0 Å². The standard InChI is InChI=1S/C15H21BrFN3O/c16-14-8-13(17)4-3-11(14)9-20-7-1-2-12(10-20)15(21)19-6-5-18/h3-4,8,12H,1-2,5-7,9-10,18H2,(H,19,21). The molecule has 0 spiro atoms. The Morgan fingerprint density at radius 2 is 2.33 bits per heavy atom. The highest BCUT2D eigenvalue weighted by Crippen LogP contribution is 2.23. The van der Waals surface area contributed by atoms with Crippen molar-refractivity contribution in [2.75, 3.05) is 26.2 Å². The highest BCUT2D eigenvalue weighted by molar-refractivity contribution is 9.10. The van der Waals surface area contributed by atoms with Crippen LogP contribution in [0.25, 0.3) is 0 Å². The van der Waals surface area contributed by atoms with Crippen LogP contribution in [0.2, 0.25) is 0 Å². The second-order valence-corrected chi connectivity index (χ2v) is 6.24. The van der Waals surface area contributed by atoms with E-state index in [1.54, 1.807) is 6.07 Å². The van der Waals surface area contributed by atoms with Crippen molar-refractivity contribution in [2.45, 2.75) is 19.4 Å². The molecule has 1 amide bonds. The molecule has 1 aliphatic heterocycles. The summed E-state index contributed by atoms with van der Waals surface area (Å²) in [4.78, 5) is 14.3. The second kappa shape index (κ2) is 7.87. The quantitative estimate of drug-likeness (QED) is 0.845. The highest BCUT2D eigenvalue weighted by Gasteiger charge is 2.25. The molecule has 0 radical (unpaired) electrons. The molecule has 116 valence electrons. The number of nitrogens with two attached hydrogens (primary N) is 1. The van der Waals surface area contributed by atoms with E-state index < -0.39 is 0 Å². The Kier molecular flexibility index (Phi) is 6.14. The van der Waals surface area contributed by atoms with Gasteiger partial charge in [-0.15, -0.1) is 0 Å². The average molecular weight is 358 g/mol. The van der Waals surface area contributed by atoms with E-state index in [2.05, 4.69) is 26.1 Å². The van der Waals surface area contributed by atoms with Crippen LogP contribution in [0.3, 0.4) is 0 Å². The van der Waals surface area contributed by atoms with Crippen molar-refractivity contribution >= 4 is 21.8 Å². The minimum absolute atomic E-state index is 0.0181. The van der Waals surface area contributed by atoms with Gasteiger partial charge in [0, 0.05) is 30.7 Å². The Hall–Kier alpha value is -0.980. The van der Waals surface area contributed by atoms with Crippen LogP contribution in [0.4, 0.5) is 4.39 Å². The summed E-state index contributed by atoms with van der Waals surface area (Å²) in [5.74, 6) is -0.142. The van der Waals surface area contributed by atoms with Gasteiger partial charge in [0.2, 0.25) is 5.91 Å². The Balaban J connectivity index is 1.93. The SMILES string of the molecule is NCCNC(=O)C1CCCN(Cc2ccc(F)cc2Br)C1. The molecule has 1 atom stereocenters. The predicted octanol–water partition coefficient (Wildman–Crippen LogP) is 1.88. The van der Waals surface area contributed by atoms with E-state index >= 15 is 0 Å². The lowest BCUT2D eigenvalue weighted by atomic mass is 9.96. The number of hydrogen-bond acceptors (Lipinski definition) is 3. The van der Waals surface area contributed by atoms with Crippen molar-refractivity contribution in [3.8, 4) is 0 Å². The number of nitrogens with one attached hydrogen (secondary N) is 1. The fourth-order valence-corrected chi connectivity index (χ4v) is 3.12. The molecule has 0 aliphatic carbocycles. The molecule has 6 heteroatoms. The number of rotatable bonds is 5. The molecule has 21 heavy (non-hydrogen) atoms. The number of carbonyl (C=O) groups excluding carboxylic acids is 1. The third-order valence-electron chi connectivity index (χ3n) is 3.73.